The number of piperazine rings is 1. The molecule has 41 heavy (non-hydrogen) atoms. The van der Waals surface area contributed by atoms with Gasteiger partial charge in [-0.25, -0.2) is 12.8 Å². The second-order valence-electron chi connectivity index (χ2n) is 11.0. The van der Waals surface area contributed by atoms with Gasteiger partial charge in [0, 0.05) is 81.0 Å². The summed E-state index contributed by atoms with van der Waals surface area (Å²) in [5, 5.41) is 11.4. The molecule has 2 aliphatic heterocycles. The molecule has 9 nitrogen and oxygen atoms in total. The zero-order valence-electron chi connectivity index (χ0n) is 24.0. The van der Waals surface area contributed by atoms with E-state index in [0.29, 0.717) is 43.5 Å². The lowest BCUT2D eigenvalue weighted by Gasteiger charge is -2.42. The lowest BCUT2D eigenvalue weighted by atomic mass is 9.94. The highest BCUT2D eigenvalue weighted by Crippen LogP contribution is 2.34. The highest BCUT2D eigenvalue weighted by atomic mass is 32.2. The Bertz CT molecular complexity index is 1370. The van der Waals surface area contributed by atoms with Crippen molar-refractivity contribution in [2.75, 3.05) is 44.7 Å². The summed E-state index contributed by atoms with van der Waals surface area (Å²) >= 11 is 0. The number of nitrogens with one attached hydrogen (secondary N) is 2. The molecule has 2 heterocycles. The van der Waals surface area contributed by atoms with E-state index in [1.807, 2.05) is 19.1 Å². The van der Waals surface area contributed by atoms with Crippen LogP contribution in [0.4, 0.5) is 15.8 Å². The number of aryl methyl sites for hydroxylation is 1. The number of rotatable bonds is 10. The van der Waals surface area contributed by atoms with Crippen molar-refractivity contribution < 1.29 is 17.5 Å². The largest absolute Gasteiger partial charge is 0.403 e. The molecule has 4 rings (SSSR count). The van der Waals surface area contributed by atoms with Crippen LogP contribution in [0, 0.1) is 24.1 Å². The first kappa shape index (κ1) is 30.8. The van der Waals surface area contributed by atoms with Gasteiger partial charge in [-0.15, -0.1) is 0 Å². The summed E-state index contributed by atoms with van der Waals surface area (Å²) in [7, 11) is -3.87. The maximum Gasteiger partial charge on any atom is 0.246 e. The van der Waals surface area contributed by atoms with Crippen LogP contribution in [0.2, 0.25) is 0 Å². The van der Waals surface area contributed by atoms with Crippen LogP contribution in [0.5, 0.6) is 0 Å². The van der Waals surface area contributed by atoms with E-state index < -0.39 is 10.0 Å². The predicted octanol–water partition coefficient (Wildman–Crippen LogP) is 4.57. The summed E-state index contributed by atoms with van der Waals surface area (Å²) in [6.45, 7) is 9.48. The van der Waals surface area contributed by atoms with Crippen molar-refractivity contribution in [2.24, 2.45) is 16.6 Å². The monoisotopic (exact) mass is 584 g/mol. The number of ether oxygens (including phenoxy) is 1. The van der Waals surface area contributed by atoms with Crippen molar-refractivity contribution >= 4 is 33.8 Å². The molecule has 0 unspecified atom stereocenters. The van der Waals surface area contributed by atoms with Gasteiger partial charge in [0.1, 0.15) is 10.7 Å². The summed E-state index contributed by atoms with van der Waals surface area (Å²) in [6, 6.07) is 9.78. The van der Waals surface area contributed by atoms with Gasteiger partial charge in [0.05, 0.1) is 6.04 Å². The molecular formula is C30H41FN6O3S. The van der Waals surface area contributed by atoms with Crippen LogP contribution in [-0.2, 0) is 14.8 Å². The van der Waals surface area contributed by atoms with Crippen LogP contribution < -0.4 is 11.1 Å². The zero-order valence-corrected chi connectivity index (χ0v) is 24.8. The summed E-state index contributed by atoms with van der Waals surface area (Å²) in [5.41, 5.74) is 9.84. The maximum atomic E-state index is 13.8. The summed E-state index contributed by atoms with van der Waals surface area (Å²) in [6.07, 6.45) is 5.31. The van der Waals surface area contributed by atoms with E-state index in [1.54, 1.807) is 12.1 Å². The molecule has 2 saturated heterocycles. The number of anilines is 2. The molecular weight excluding hydrogens is 543 g/mol. The number of hydrogen-bond acceptors (Lipinski definition) is 8. The number of nitrogens with zero attached hydrogens (tertiary/aromatic N) is 3. The van der Waals surface area contributed by atoms with E-state index in [-0.39, 0.29) is 29.4 Å². The smallest absolute Gasteiger partial charge is 0.246 e. The molecule has 0 saturated carbocycles. The number of hydrogen-bond donors (Lipinski definition) is 3. The number of sulfonamides is 1. The minimum atomic E-state index is -3.87. The SMILES string of the molecule is Cc1cc(Nc2ccc(F)cc2)c(C=N)cc1[C@H]1CN(S(=O)(=O)C(C=NC2CCOCC2)=CN)CCN1CC(C)C. The van der Waals surface area contributed by atoms with Gasteiger partial charge in [0.2, 0.25) is 10.0 Å². The Morgan fingerprint density at radius 2 is 1.93 bits per heavy atom. The molecule has 0 aliphatic carbocycles. The van der Waals surface area contributed by atoms with Crippen LogP contribution >= 0.6 is 0 Å². The van der Waals surface area contributed by atoms with Crippen LogP contribution in [0.3, 0.4) is 0 Å². The Morgan fingerprint density at radius 1 is 1.22 bits per heavy atom. The third-order valence-electron chi connectivity index (χ3n) is 7.54. The first-order chi connectivity index (χ1) is 19.6. The average molecular weight is 585 g/mol. The minimum absolute atomic E-state index is 0.00389. The normalized spacial score (nSPS) is 20.1. The van der Waals surface area contributed by atoms with E-state index in [2.05, 4.69) is 29.1 Å². The summed E-state index contributed by atoms with van der Waals surface area (Å²) < 4.78 is 47.8. The van der Waals surface area contributed by atoms with Crippen LogP contribution in [0.1, 0.15) is 49.4 Å². The Hall–Kier alpha value is -3.12. The summed E-state index contributed by atoms with van der Waals surface area (Å²) in [4.78, 5) is 6.83. The zero-order chi connectivity index (χ0) is 29.6. The molecule has 2 fully saturated rings. The topological polar surface area (TPSA) is 124 Å². The van der Waals surface area contributed by atoms with Gasteiger partial charge in [-0.1, -0.05) is 13.8 Å². The number of aliphatic imine (C=N–C) groups is 1. The molecule has 0 amide bonds. The third-order valence-corrected chi connectivity index (χ3v) is 9.38. The van der Waals surface area contributed by atoms with E-state index in [4.69, 9.17) is 15.9 Å². The summed E-state index contributed by atoms with van der Waals surface area (Å²) in [5.74, 6) is 0.0626. The van der Waals surface area contributed by atoms with E-state index in [0.717, 1.165) is 42.4 Å². The lowest BCUT2D eigenvalue weighted by molar-refractivity contribution is 0.0872. The number of halogens is 1. The van der Waals surface area contributed by atoms with Gasteiger partial charge in [-0.3, -0.25) is 9.89 Å². The van der Waals surface area contributed by atoms with Crippen LogP contribution in [0.15, 0.2) is 52.5 Å². The van der Waals surface area contributed by atoms with E-state index in [1.165, 1.54) is 28.9 Å². The standard InChI is InChI=1S/C30H41FN6O3S/c1-21(2)19-36-10-11-37(41(38,39)27(17-33)18-34-25-8-12-40-13-9-25)20-30(36)28-15-23(16-32)29(14-22(28)3)35-26-6-4-24(31)5-7-26/h4-7,14-18,21,25,30,32,35H,8-13,19-20,33H2,1-3H3/t30-/m1/s1. The second-order valence-corrected chi connectivity index (χ2v) is 13.0. The Labute approximate surface area is 242 Å². The van der Waals surface area contributed by atoms with Crippen molar-refractivity contribution in [3.8, 4) is 0 Å². The highest BCUT2D eigenvalue weighted by molar-refractivity contribution is 7.93. The second kappa shape index (κ2) is 13.7. The first-order valence-electron chi connectivity index (χ1n) is 14.1. The van der Waals surface area contributed by atoms with Gasteiger partial charge in [0.15, 0.2) is 0 Å². The van der Waals surface area contributed by atoms with Gasteiger partial charge in [0.25, 0.3) is 0 Å². The first-order valence-corrected chi connectivity index (χ1v) is 15.5. The van der Waals surface area contributed by atoms with Crippen molar-refractivity contribution in [2.45, 2.75) is 45.7 Å². The van der Waals surface area contributed by atoms with E-state index in [9.17, 15) is 12.8 Å². The van der Waals surface area contributed by atoms with Crippen LogP contribution in [-0.4, -0.2) is 75.5 Å². The molecule has 222 valence electrons. The predicted molar refractivity (Wildman–Crippen MR) is 163 cm³/mol. The van der Waals surface area contributed by atoms with Crippen molar-refractivity contribution in [1.29, 1.82) is 5.41 Å². The van der Waals surface area contributed by atoms with Gasteiger partial charge in [-0.05, 0) is 73.2 Å². The average Bonchev–Trinajstić information content (AvgIpc) is 2.95. The fourth-order valence-electron chi connectivity index (χ4n) is 5.37. The van der Waals surface area contributed by atoms with E-state index >= 15 is 0 Å². The molecule has 2 aromatic rings. The molecule has 4 N–H and O–H groups in total. The van der Waals surface area contributed by atoms with Crippen molar-refractivity contribution in [1.82, 2.24) is 9.21 Å². The maximum absolute atomic E-state index is 13.8. The minimum Gasteiger partial charge on any atom is -0.403 e. The van der Waals surface area contributed by atoms with Gasteiger partial charge < -0.3 is 21.2 Å². The number of allylic oxidation sites excluding steroid dienone is 1. The Kier molecular flexibility index (Phi) is 10.3. The number of benzene rings is 2. The molecule has 2 aromatic carbocycles. The molecule has 1 atom stereocenters. The quantitative estimate of drug-likeness (QED) is 0.352. The van der Waals surface area contributed by atoms with Crippen molar-refractivity contribution in [3.63, 3.8) is 0 Å². The fraction of sp³-hybridized carbons (Fsp3) is 0.467. The molecule has 0 radical (unpaired) electrons. The van der Waals surface area contributed by atoms with Crippen molar-refractivity contribution in [3.05, 3.63) is 70.0 Å². The van der Waals surface area contributed by atoms with Gasteiger partial charge in [-0.2, -0.15) is 4.31 Å². The highest BCUT2D eigenvalue weighted by Gasteiger charge is 2.36. The molecule has 0 spiro atoms. The fourth-order valence-corrected chi connectivity index (χ4v) is 6.70. The molecule has 0 bridgehead atoms. The third kappa shape index (κ3) is 7.59. The van der Waals surface area contributed by atoms with Crippen LogP contribution in [0.25, 0.3) is 0 Å². The molecule has 0 aromatic heterocycles. The molecule has 11 heteroatoms. The Balaban J connectivity index is 1.63. The number of nitrogens with two attached hydrogens (primary N) is 1. The molecule has 2 aliphatic rings. The lowest BCUT2D eigenvalue weighted by Crippen LogP contribution is -2.51. The Morgan fingerprint density at radius 3 is 2.56 bits per heavy atom. The van der Waals surface area contributed by atoms with Gasteiger partial charge >= 0.3 is 0 Å².